The van der Waals surface area contributed by atoms with Crippen LogP contribution in [0.4, 0.5) is 19.1 Å². The second-order valence-electron chi connectivity index (χ2n) is 6.87. The molecule has 0 atom stereocenters. The van der Waals surface area contributed by atoms with Gasteiger partial charge in [-0.05, 0) is 49.3 Å². The van der Waals surface area contributed by atoms with Crippen LogP contribution in [0.15, 0.2) is 40.8 Å². The molecule has 0 unspecified atom stereocenters. The molecular formula is C19H19F3N2O4. The molecule has 1 amide bonds. The van der Waals surface area contributed by atoms with Crippen molar-refractivity contribution >= 4 is 11.8 Å². The lowest BCUT2D eigenvalue weighted by Gasteiger charge is -2.31. The fourth-order valence-corrected chi connectivity index (χ4v) is 3.40. The van der Waals surface area contributed by atoms with Crippen molar-refractivity contribution < 1.29 is 27.3 Å². The minimum atomic E-state index is -4.34. The van der Waals surface area contributed by atoms with Crippen molar-refractivity contribution in [2.24, 2.45) is 5.92 Å². The number of benzene rings is 1. The molecule has 1 fully saturated rings. The number of nitro groups is 1. The lowest BCUT2D eigenvalue weighted by atomic mass is 9.90. The van der Waals surface area contributed by atoms with Crippen molar-refractivity contribution in [1.82, 2.24) is 4.90 Å². The first kappa shape index (κ1) is 19.9. The molecule has 0 radical (unpaired) electrons. The number of halogens is 3. The van der Waals surface area contributed by atoms with Gasteiger partial charge in [-0.2, -0.15) is 13.2 Å². The van der Waals surface area contributed by atoms with Gasteiger partial charge in [0.2, 0.25) is 0 Å². The van der Waals surface area contributed by atoms with Gasteiger partial charge >= 0.3 is 12.1 Å². The van der Waals surface area contributed by atoms with Gasteiger partial charge in [-0.25, -0.2) is 0 Å². The van der Waals surface area contributed by atoms with Crippen LogP contribution in [0.25, 0.3) is 0 Å². The first-order valence-corrected chi connectivity index (χ1v) is 8.93. The molecule has 6 nitrogen and oxygen atoms in total. The number of aryl methyl sites for hydroxylation is 1. The first-order valence-electron chi connectivity index (χ1n) is 8.93. The van der Waals surface area contributed by atoms with Crippen molar-refractivity contribution in [3.05, 3.63) is 63.4 Å². The Hall–Kier alpha value is -2.84. The van der Waals surface area contributed by atoms with E-state index in [1.165, 1.54) is 18.2 Å². The maximum atomic E-state index is 12.8. The maximum absolute atomic E-state index is 12.8. The van der Waals surface area contributed by atoms with Gasteiger partial charge in [-0.1, -0.05) is 18.2 Å². The summed E-state index contributed by atoms with van der Waals surface area (Å²) in [5.74, 6) is -0.609. The summed E-state index contributed by atoms with van der Waals surface area (Å²) < 4.78 is 43.3. The molecule has 9 heteroatoms. The molecule has 2 aromatic rings. The zero-order chi connectivity index (χ0) is 20.3. The van der Waals surface area contributed by atoms with Crippen LogP contribution >= 0.6 is 0 Å². The van der Waals surface area contributed by atoms with E-state index in [0.29, 0.717) is 31.0 Å². The molecule has 1 saturated heterocycles. The van der Waals surface area contributed by atoms with Gasteiger partial charge in [0.05, 0.1) is 11.6 Å². The Morgan fingerprint density at radius 3 is 2.54 bits per heavy atom. The van der Waals surface area contributed by atoms with E-state index < -0.39 is 22.5 Å². The quantitative estimate of drug-likeness (QED) is 0.543. The molecule has 150 valence electrons. The molecule has 1 aromatic carbocycles. The van der Waals surface area contributed by atoms with Gasteiger partial charge in [-0.3, -0.25) is 14.9 Å². The number of alkyl halides is 3. The van der Waals surface area contributed by atoms with E-state index >= 15 is 0 Å². The first-order chi connectivity index (χ1) is 13.2. The molecule has 0 saturated carbocycles. The molecule has 28 heavy (non-hydrogen) atoms. The zero-order valence-corrected chi connectivity index (χ0v) is 14.9. The van der Waals surface area contributed by atoms with E-state index in [4.69, 9.17) is 4.42 Å². The summed E-state index contributed by atoms with van der Waals surface area (Å²) in [7, 11) is 0. The van der Waals surface area contributed by atoms with Crippen molar-refractivity contribution in [2.75, 3.05) is 13.1 Å². The van der Waals surface area contributed by atoms with Crippen LogP contribution in [0.1, 0.15) is 40.9 Å². The third kappa shape index (κ3) is 4.71. The molecule has 0 N–H and O–H groups in total. The van der Waals surface area contributed by atoms with Gasteiger partial charge in [0, 0.05) is 13.1 Å². The minimum absolute atomic E-state index is 0.0610. The summed E-state index contributed by atoms with van der Waals surface area (Å²) in [4.78, 5) is 23.9. The maximum Gasteiger partial charge on any atom is 0.433 e. The van der Waals surface area contributed by atoms with E-state index in [-0.39, 0.29) is 11.7 Å². The van der Waals surface area contributed by atoms with E-state index in [1.807, 2.05) is 0 Å². The van der Waals surface area contributed by atoms with Gasteiger partial charge in [0.15, 0.2) is 5.76 Å². The number of piperidine rings is 1. The number of likely N-dealkylation sites (tertiary alicyclic amines) is 1. The van der Waals surface area contributed by atoms with E-state index in [9.17, 15) is 28.1 Å². The molecular weight excluding hydrogens is 377 g/mol. The lowest BCUT2D eigenvalue weighted by molar-refractivity contribution is -0.402. The van der Waals surface area contributed by atoms with Crippen LogP contribution in [0.5, 0.6) is 0 Å². The average molecular weight is 396 g/mol. The number of carbonyl (C=O) groups excluding carboxylic acids is 1. The lowest BCUT2D eigenvalue weighted by Crippen LogP contribution is -2.38. The normalized spacial score (nSPS) is 15.6. The topological polar surface area (TPSA) is 76.6 Å². The third-order valence-corrected chi connectivity index (χ3v) is 4.98. The highest BCUT2D eigenvalue weighted by atomic mass is 19.4. The Morgan fingerprint density at radius 1 is 1.21 bits per heavy atom. The van der Waals surface area contributed by atoms with Crippen molar-refractivity contribution in [2.45, 2.75) is 31.9 Å². The van der Waals surface area contributed by atoms with Gasteiger partial charge in [0.1, 0.15) is 4.92 Å². The van der Waals surface area contributed by atoms with Crippen LogP contribution in [0.3, 0.4) is 0 Å². The van der Waals surface area contributed by atoms with Gasteiger partial charge < -0.3 is 9.32 Å². The predicted octanol–water partition coefficient (Wildman–Crippen LogP) is 4.69. The number of amides is 1. The highest BCUT2D eigenvalue weighted by molar-refractivity contribution is 5.91. The molecule has 1 aliphatic heterocycles. The van der Waals surface area contributed by atoms with E-state index in [0.717, 1.165) is 31.4 Å². The van der Waals surface area contributed by atoms with Crippen LogP contribution in [0, 0.1) is 16.0 Å². The molecule has 1 aliphatic rings. The Morgan fingerprint density at radius 2 is 1.93 bits per heavy atom. The summed E-state index contributed by atoms with van der Waals surface area (Å²) in [5.41, 5.74) is 0.00850. The second kappa shape index (κ2) is 8.04. The number of hydrogen-bond donors (Lipinski definition) is 0. The molecule has 0 bridgehead atoms. The van der Waals surface area contributed by atoms with Crippen LogP contribution in [-0.4, -0.2) is 28.8 Å². The highest BCUT2D eigenvalue weighted by Gasteiger charge is 2.30. The average Bonchev–Trinajstić information content (AvgIpc) is 3.16. The Labute approximate surface area is 159 Å². The van der Waals surface area contributed by atoms with Crippen molar-refractivity contribution in [3.8, 4) is 0 Å². The summed E-state index contributed by atoms with van der Waals surface area (Å²) in [5, 5.41) is 10.6. The van der Waals surface area contributed by atoms with Crippen molar-refractivity contribution in [1.29, 1.82) is 0 Å². The largest absolute Gasteiger partial charge is 0.433 e. The van der Waals surface area contributed by atoms with Crippen LogP contribution in [0.2, 0.25) is 0 Å². The van der Waals surface area contributed by atoms with E-state index in [1.54, 1.807) is 11.0 Å². The Balaban J connectivity index is 1.50. The number of rotatable bonds is 5. The Kier molecular flexibility index (Phi) is 5.71. The number of furan rings is 1. The summed E-state index contributed by atoms with van der Waals surface area (Å²) >= 11 is 0. The van der Waals surface area contributed by atoms with Crippen LogP contribution < -0.4 is 0 Å². The molecule has 0 spiro atoms. The smallest absolute Gasteiger partial charge is 0.395 e. The summed E-state index contributed by atoms with van der Waals surface area (Å²) in [6.07, 6.45) is -1.59. The van der Waals surface area contributed by atoms with Crippen molar-refractivity contribution in [3.63, 3.8) is 0 Å². The number of nitrogens with zero attached hydrogens (tertiary/aromatic N) is 2. The summed E-state index contributed by atoms with van der Waals surface area (Å²) in [6.45, 7) is 0.973. The SMILES string of the molecule is O=C(c1ccc([N+](=O)[O-])o1)N1CCC(CCc2cccc(C(F)(F)F)c2)CC1. The molecule has 3 rings (SSSR count). The molecule has 0 aliphatic carbocycles. The van der Waals surface area contributed by atoms with Gasteiger partial charge in [0.25, 0.3) is 5.91 Å². The minimum Gasteiger partial charge on any atom is -0.395 e. The number of carbonyl (C=O) groups is 1. The van der Waals surface area contributed by atoms with E-state index in [2.05, 4.69) is 0 Å². The predicted molar refractivity (Wildman–Crippen MR) is 93.8 cm³/mol. The Bertz CT molecular complexity index is 855. The highest BCUT2D eigenvalue weighted by Crippen LogP contribution is 2.30. The standard InChI is InChI=1S/C19H19F3N2O4/c20-19(21,22)15-3-1-2-14(12-15)5-4-13-8-10-23(11-9-13)18(25)16-6-7-17(28-16)24(26)27/h1-3,6-7,12-13H,4-5,8-11H2. The van der Waals surface area contributed by atoms with Gasteiger partial charge in [-0.15, -0.1) is 0 Å². The second-order valence-corrected chi connectivity index (χ2v) is 6.87. The third-order valence-electron chi connectivity index (χ3n) is 4.98. The number of hydrogen-bond acceptors (Lipinski definition) is 4. The zero-order valence-electron chi connectivity index (χ0n) is 14.9. The fraction of sp³-hybridized carbons (Fsp3) is 0.421. The summed E-state index contributed by atoms with van der Waals surface area (Å²) in [6, 6.07) is 7.80. The molecule has 1 aromatic heterocycles. The monoisotopic (exact) mass is 396 g/mol. The fourth-order valence-electron chi connectivity index (χ4n) is 3.40. The van der Waals surface area contributed by atoms with Crippen LogP contribution in [-0.2, 0) is 12.6 Å². The molecule has 2 heterocycles.